The minimum absolute atomic E-state index is 0.253. The third-order valence-corrected chi connectivity index (χ3v) is 2.28. The molecule has 1 aliphatic heterocycles. The average Bonchev–Trinajstić information content (AvgIpc) is 2.18. The molecule has 0 aliphatic carbocycles. The lowest BCUT2D eigenvalue weighted by molar-refractivity contribution is -0.145. The highest BCUT2D eigenvalue weighted by molar-refractivity contribution is 5.82. The fourth-order valence-electron chi connectivity index (χ4n) is 1.50. The molecule has 4 N–H and O–H groups in total. The minimum atomic E-state index is -0.996. The number of guanidine groups is 1. The fourth-order valence-corrected chi connectivity index (χ4v) is 1.50. The van der Waals surface area contributed by atoms with E-state index in [-0.39, 0.29) is 5.96 Å². The molecule has 0 aromatic carbocycles. The zero-order valence-electron chi connectivity index (χ0n) is 8.68. The Hall–Kier alpha value is -1.72. The molecule has 6 nitrogen and oxygen atoms in total. The second kappa shape index (κ2) is 4.68. The number of hydrogen-bond donors (Lipinski definition) is 3. The maximum Gasteiger partial charge on any atom is 0.328 e. The molecule has 6 heteroatoms. The highest BCUT2D eigenvalue weighted by atomic mass is 16.4. The molecule has 0 radical (unpaired) electrons. The van der Waals surface area contributed by atoms with E-state index in [0.717, 1.165) is 12.8 Å². The van der Waals surface area contributed by atoms with Crippen molar-refractivity contribution in [2.45, 2.75) is 25.8 Å². The topological polar surface area (TPSA) is 93.6 Å². The number of nitrogens with two attached hydrogens (primary N) is 1. The Morgan fingerprint density at radius 2 is 2.40 bits per heavy atom. The number of carboxylic acid groups (broad SMARTS) is 1. The maximum absolute atomic E-state index is 10.8. The van der Waals surface area contributed by atoms with E-state index in [1.165, 1.54) is 11.9 Å². The van der Waals surface area contributed by atoms with Crippen LogP contribution in [0, 0.1) is 5.41 Å². The summed E-state index contributed by atoms with van der Waals surface area (Å²) < 4.78 is 0. The number of aliphatic carboxylic acids is 1. The Morgan fingerprint density at radius 1 is 1.73 bits per heavy atom. The average molecular weight is 212 g/mol. The minimum Gasteiger partial charge on any atom is -0.480 e. The molecule has 1 atom stereocenters. The van der Waals surface area contributed by atoms with Crippen LogP contribution in [0.3, 0.4) is 0 Å². The van der Waals surface area contributed by atoms with Crippen LogP contribution in [0.4, 0.5) is 0 Å². The number of rotatable bonds is 3. The van der Waals surface area contributed by atoms with Gasteiger partial charge in [0.15, 0.2) is 0 Å². The molecule has 0 aromatic rings. The van der Waals surface area contributed by atoms with E-state index >= 15 is 0 Å². The van der Waals surface area contributed by atoms with Crippen molar-refractivity contribution in [3.8, 4) is 0 Å². The van der Waals surface area contributed by atoms with E-state index in [2.05, 4.69) is 0 Å². The van der Waals surface area contributed by atoms with Gasteiger partial charge in [0.2, 0.25) is 5.96 Å². The Labute approximate surface area is 88.4 Å². The molecule has 0 spiro atoms. The first-order valence-electron chi connectivity index (χ1n) is 4.83. The van der Waals surface area contributed by atoms with Crippen LogP contribution < -0.4 is 5.73 Å². The highest BCUT2D eigenvalue weighted by Gasteiger charge is 2.26. The van der Waals surface area contributed by atoms with E-state index in [1.807, 2.05) is 6.08 Å². The monoisotopic (exact) mass is 212 g/mol. The largest absolute Gasteiger partial charge is 0.480 e. The molecule has 15 heavy (non-hydrogen) atoms. The van der Waals surface area contributed by atoms with Crippen molar-refractivity contribution in [1.82, 2.24) is 10.0 Å². The number of carboxylic acids is 1. The molecular weight excluding hydrogens is 196 g/mol. The van der Waals surface area contributed by atoms with Crippen molar-refractivity contribution in [2.24, 2.45) is 5.73 Å². The van der Waals surface area contributed by atoms with E-state index in [9.17, 15) is 4.79 Å². The van der Waals surface area contributed by atoms with Gasteiger partial charge in [-0.15, -0.1) is 0 Å². The fraction of sp³-hybridized carbons (Fsp3) is 0.556. The first-order valence-corrected chi connectivity index (χ1v) is 4.83. The van der Waals surface area contributed by atoms with E-state index < -0.39 is 12.0 Å². The number of carbonyl (C=O) groups is 1. The van der Waals surface area contributed by atoms with Gasteiger partial charge in [0.05, 0.1) is 0 Å². The predicted octanol–water partition coefficient (Wildman–Crippen LogP) is 0.179. The zero-order chi connectivity index (χ0) is 11.4. The van der Waals surface area contributed by atoms with Crippen LogP contribution in [-0.2, 0) is 4.79 Å². The molecular formula is C9H16N4O2. The van der Waals surface area contributed by atoms with Gasteiger partial charge in [0.25, 0.3) is 0 Å². The summed E-state index contributed by atoms with van der Waals surface area (Å²) in [6.45, 7) is 2.19. The Kier molecular flexibility index (Phi) is 3.54. The Bertz CT molecular complexity index is 290. The van der Waals surface area contributed by atoms with Gasteiger partial charge in [-0.2, -0.15) is 0 Å². The van der Waals surface area contributed by atoms with Gasteiger partial charge >= 0.3 is 5.97 Å². The summed E-state index contributed by atoms with van der Waals surface area (Å²) >= 11 is 0. The molecule has 0 aromatic heterocycles. The van der Waals surface area contributed by atoms with E-state index in [4.69, 9.17) is 16.2 Å². The third kappa shape index (κ3) is 2.61. The lowest BCUT2D eigenvalue weighted by Gasteiger charge is -2.38. The molecule has 0 unspecified atom stereocenters. The number of hydrazine groups is 1. The molecule has 0 bridgehead atoms. The van der Waals surface area contributed by atoms with E-state index in [1.54, 1.807) is 11.2 Å². The van der Waals surface area contributed by atoms with Crippen LogP contribution in [0.15, 0.2) is 12.3 Å². The smallest absolute Gasteiger partial charge is 0.328 e. The Balaban J connectivity index is 2.81. The summed E-state index contributed by atoms with van der Waals surface area (Å²) in [5.41, 5.74) is 5.38. The first-order chi connectivity index (χ1) is 7.04. The highest BCUT2D eigenvalue weighted by Crippen LogP contribution is 2.12. The predicted molar refractivity (Wildman–Crippen MR) is 55.9 cm³/mol. The van der Waals surface area contributed by atoms with Gasteiger partial charge in [-0.05, 0) is 19.8 Å². The van der Waals surface area contributed by atoms with Crippen LogP contribution in [0.5, 0.6) is 0 Å². The summed E-state index contributed by atoms with van der Waals surface area (Å²) in [4.78, 5) is 10.8. The molecule has 1 aliphatic rings. The van der Waals surface area contributed by atoms with Gasteiger partial charge in [0.1, 0.15) is 6.04 Å². The van der Waals surface area contributed by atoms with Crippen molar-refractivity contribution in [3.63, 3.8) is 0 Å². The van der Waals surface area contributed by atoms with Crippen molar-refractivity contribution in [3.05, 3.63) is 12.3 Å². The normalized spacial score (nSPS) is 17.3. The molecule has 1 rings (SSSR count). The summed E-state index contributed by atoms with van der Waals surface area (Å²) in [5.74, 6) is -1.25. The van der Waals surface area contributed by atoms with Crippen molar-refractivity contribution in [2.75, 3.05) is 6.54 Å². The summed E-state index contributed by atoms with van der Waals surface area (Å²) in [6, 6.07) is -0.828. The maximum atomic E-state index is 10.8. The van der Waals surface area contributed by atoms with Gasteiger partial charge in [-0.1, -0.05) is 6.08 Å². The van der Waals surface area contributed by atoms with Crippen molar-refractivity contribution < 1.29 is 9.90 Å². The quantitative estimate of drug-likeness (QED) is 0.458. The molecule has 84 valence electrons. The van der Waals surface area contributed by atoms with Gasteiger partial charge in [-0.3, -0.25) is 10.4 Å². The van der Waals surface area contributed by atoms with Gasteiger partial charge in [-0.25, -0.2) is 9.80 Å². The van der Waals surface area contributed by atoms with E-state index in [0.29, 0.717) is 6.54 Å². The van der Waals surface area contributed by atoms with Crippen LogP contribution in [0.2, 0.25) is 0 Å². The third-order valence-electron chi connectivity index (χ3n) is 2.28. The van der Waals surface area contributed by atoms with Crippen molar-refractivity contribution >= 4 is 11.9 Å². The van der Waals surface area contributed by atoms with Gasteiger partial charge < -0.3 is 10.8 Å². The Morgan fingerprint density at radius 3 is 2.80 bits per heavy atom. The molecule has 0 amide bonds. The van der Waals surface area contributed by atoms with Crippen LogP contribution in [0.25, 0.3) is 0 Å². The first kappa shape index (κ1) is 11.4. The lowest BCUT2D eigenvalue weighted by atomic mass is 10.2. The molecule has 1 heterocycles. The number of nitrogens with zero attached hydrogens (tertiary/aromatic N) is 2. The number of allylic oxidation sites excluding steroid dienone is 1. The summed E-state index contributed by atoms with van der Waals surface area (Å²) in [5, 5.41) is 19.2. The SMILES string of the molecule is C[C@@H](C(=O)O)N(C(=N)N)N1C=CCCC1. The second-order valence-corrected chi connectivity index (χ2v) is 3.43. The number of nitrogens with one attached hydrogen (secondary N) is 1. The van der Waals surface area contributed by atoms with Crippen LogP contribution >= 0.6 is 0 Å². The van der Waals surface area contributed by atoms with Gasteiger partial charge in [0, 0.05) is 12.7 Å². The van der Waals surface area contributed by atoms with Crippen molar-refractivity contribution in [1.29, 1.82) is 5.41 Å². The van der Waals surface area contributed by atoms with Crippen LogP contribution in [-0.4, -0.2) is 39.6 Å². The molecule has 0 saturated heterocycles. The molecule has 0 saturated carbocycles. The zero-order valence-corrected chi connectivity index (χ0v) is 8.68. The summed E-state index contributed by atoms with van der Waals surface area (Å²) in [7, 11) is 0. The lowest BCUT2D eigenvalue weighted by Crippen LogP contribution is -2.54. The summed E-state index contributed by atoms with van der Waals surface area (Å²) in [6.07, 6.45) is 5.62. The van der Waals surface area contributed by atoms with Crippen LogP contribution in [0.1, 0.15) is 19.8 Å². The second-order valence-electron chi connectivity index (χ2n) is 3.43. The molecule has 0 fully saturated rings. The number of hydrogen-bond acceptors (Lipinski definition) is 3. The standard InChI is InChI=1S/C9H16N4O2/c1-7(8(14)15)13(9(10)11)12-5-3-2-4-6-12/h3,5,7H,2,4,6H2,1H3,(H3,10,11)(H,14,15)/t7-/m0/s1.